The van der Waals surface area contributed by atoms with Gasteiger partial charge in [0, 0.05) is 36.0 Å². The Morgan fingerprint density at radius 2 is 1.96 bits per heavy atom. The standard InChI is InChI=1S/C19H19F2N5/c1-13-4-2-6-16(23-13)18-24-17(14-7-10-22-11-8-14)25-26(18)12-15-5-3-9-19(15,20)21/h2,4,6-8,10-11,15H,3,5,9,12H2,1H3. The Balaban J connectivity index is 1.77. The summed E-state index contributed by atoms with van der Waals surface area (Å²) in [6, 6.07) is 9.21. The lowest BCUT2D eigenvalue weighted by molar-refractivity contribution is -0.0431. The summed E-state index contributed by atoms with van der Waals surface area (Å²) < 4.78 is 29.9. The average molecular weight is 355 g/mol. The van der Waals surface area contributed by atoms with Gasteiger partial charge >= 0.3 is 0 Å². The molecule has 0 bridgehead atoms. The first kappa shape index (κ1) is 16.8. The molecule has 1 aliphatic rings. The van der Waals surface area contributed by atoms with Gasteiger partial charge in [0.1, 0.15) is 5.69 Å². The van der Waals surface area contributed by atoms with Gasteiger partial charge in [-0.1, -0.05) is 6.07 Å². The fourth-order valence-corrected chi connectivity index (χ4v) is 3.38. The summed E-state index contributed by atoms with van der Waals surface area (Å²) in [7, 11) is 0. The molecule has 0 spiro atoms. The van der Waals surface area contributed by atoms with E-state index in [1.54, 1.807) is 29.2 Å². The summed E-state index contributed by atoms with van der Waals surface area (Å²) in [5.41, 5.74) is 2.28. The normalized spacial score (nSPS) is 19.0. The zero-order valence-electron chi connectivity index (χ0n) is 14.4. The molecule has 1 unspecified atom stereocenters. The highest BCUT2D eigenvalue weighted by molar-refractivity contribution is 5.59. The molecule has 1 aliphatic carbocycles. The highest BCUT2D eigenvalue weighted by atomic mass is 19.3. The van der Waals surface area contributed by atoms with Crippen LogP contribution in [0.3, 0.4) is 0 Å². The Bertz CT molecular complexity index is 907. The zero-order chi connectivity index (χ0) is 18.1. The van der Waals surface area contributed by atoms with Gasteiger partial charge in [0.05, 0.1) is 6.54 Å². The fraction of sp³-hybridized carbons (Fsp3) is 0.368. The third kappa shape index (κ3) is 3.21. The lowest BCUT2D eigenvalue weighted by Crippen LogP contribution is -2.26. The van der Waals surface area contributed by atoms with E-state index in [9.17, 15) is 8.78 Å². The smallest absolute Gasteiger partial charge is 0.252 e. The Hall–Kier alpha value is -2.70. The number of nitrogens with zero attached hydrogens (tertiary/aromatic N) is 5. The van der Waals surface area contributed by atoms with Gasteiger partial charge in [0.25, 0.3) is 5.92 Å². The Morgan fingerprint density at radius 1 is 1.15 bits per heavy atom. The Kier molecular flexibility index (Phi) is 4.22. The van der Waals surface area contributed by atoms with Gasteiger partial charge in [-0.2, -0.15) is 5.10 Å². The average Bonchev–Trinajstić information content (AvgIpc) is 3.20. The minimum Gasteiger partial charge on any atom is -0.265 e. The van der Waals surface area contributed by atoms with Gasteiger partial charge in [0.2, 0.25) is 0 Å². The molecule has 3 heterocycles. The molecule has 26 heavy (non-hydrogen) atoms. The molecule has 134 valence electrons. The molecular formula is C19H19F2N5. The van der Waals surface area contributed by atoms with Gasteiger partial charge in [-0.3, -0.25) is 4.98 Å². The van der Waals surface area contributed by atoms with E-state index in [4.69, 9.17) is 0 Å². The first-order valence-corrected chi connectivity index (χ1v) is 8.70. The van der Waals surface area contributed by atoms with E-state index in [0.29, 0.717) is 30.2 Å². The Morgan fingerprint density at radius 3 is 2.65 bits per heavy atom. The van der Waals surface area contributed by atoms with Crippen molar-refractivity contribution < 1.29 is 8.78 Å². The second kappa shape index (κ2) is 6.55. The van der Waals surface area contributed by atoms with Crippen LogP contribution in [0.2, 0.25) is 0 Å². The molecule has 0 saturated heterocycles. The van der Waals surface area contributed by atoms with Crippen molar-refractivity contribution in [2.24, 2.45) is 5.92 Å². The van der Waals surface area contributed by atoms with E-state index < -0.39 is 11.8 Å². The van der Waals surface area contributed by atoms with Gasteiger partial charge < -0.3 is 0 Å². The van der Waals surface area contributed by atoms with Gasteiger partial charge in [-0.05, 0) is 44.0 Å². The minimum absolute atomic E-state index is 0.0540. The van der Waals surface area contributed by atoms with E-state index in [-0.39, 0.29) is 13.0 Å². The second-order valence-electron chi connectivity index (χ2n) is 6.69. The fourth-order valence-electron chi connectivity index (χ4n) is 3.38. The summed E-state index contributed by atoms with van der Waals surface area (Å²) in [6.07, 6.45) is 4.30. The summed E-state index contributed by atoms with van der Waals surface area (Å²) >= 11 is 0. The predicted molar refractivity (Wildman–Crippen MR) is 93.5 cm³/mol. The van der Waals surface area contributed by atoms with E-state index in [1.165, 1.54) is 0 Å². The van der Waals surface area contributed by atoms with Crippen LogP contribution in [-0.4, -0.2) is 30.7 Å². The molecule has 3 aromatic rings. The number of aromatic nitrogens is 5. The van der Waals surface area contributed by atoms with Crippen molar-refractivity contribution >= 4 is 0 Å². The third-order valence-electron chi connectivity index (χ3n) is 4.78. The van der Waals surface area contributed by atoms with Crippen molar-refractivity contribution in [3.8, 4) is 22.9 Å². The van der Waals surface area contributed by atoms with Gasteiger partial charge in [-0.15, -0.1) is 0 Å². The van der Waals surface area contributed by atoms with E-state index >= 15 is 0 Å². The van der Waals surface area contributed by atoms with Crippen LogP contribution in [0.5, 0.6) is 0 Å². The maximum atomic E-state index is 14.1. The number of alkyl halides is 2. The molecule has 1 fully saturated rings. The number of rotatable bonds is 4. The molecule has 3 aromatic heterocycles. The zero-order valence-corrected chi connectivity index (χ0v) is 14.4. The molecular weight excluding hydrogens is 336 g/mol. The van der Waals surface area contributed by atoms with Crippen molar-refractivity contribution in [1.82, 2.24) is 24.7 Å². The lowest BCUT2D eigenvalue weighted by Gasteiger charge is -2.19. The number of aryl methyl sites for hydroxylation is 1. The molecule has 0 N–H and O–H groups in total. The lowest BCUT2D eigenvalue weighted by atomic mass is 10.1. The number of halogens is 2. The summed E-state index contributed by atoms with van der Waals surface area (Å²) in [6.45, 7) is 2.02. The molecule has 0 aromatic carbocycles. The van der Waals surface area contributed by atoms with Crippen molar-refractivity contribution in [2.45, 2.75) is 38.7 Å². The second-order valence-corrected chi connectivity index (χ2v) is 6.69. The first-order chi connectivity index (χ1) is 12.5. The minimum atomic E-state index is -2.65. The van der Waals surface area contributed by atoms with Crippen LogP contribution < -0.4 is 0 Å². The van der Waals surface area contributed by atoms with Crippen molar-refractivity contribution in [3.63, 3.8) is 0 Å². The van der Waals surface area contributed by atoms with Crippen LogP contribution in [0.25, 0.3) is 22.9 Å². The Labute approximate surface area is 150 Å². The van der Waals surface area contributed by atoms with Crippen molar-refractivity contribution in [1.29, 1.82) is 0 Å². The number of hydrogen-bond acceptors (Lipinski definition) is 4. The van der Waals surface area contributed by atoms with Gasteiger partial charge in [0.15, 0.2) is 11.6 Å². The van der Waals surface area contributed by atoms with Gasteiger partial charge in [-0.25, -0.2) is 23.4 Å². The van der Waals surface area contributed by atoms with Crippen molar-refractivity contribution in [2.75, 3.05) is 0 Å². The predicted octanol–water partition coefficient (Wildman–Crippen LogP) is 4.15. The topological polar surface area (TPSA) is 56.5 Å². The van der Waals surface area contributed by atoms with Crippen molar-refractivity contribution in [3.05, 3.63) is 48.4 Å². The van der Waals surface area contributed by atoms with E-state index in [1.807, 2.05) is 25.1 Å². The molecule has 1 atom stereocenters. The summed E-state index contributed by atoms with van der Waals surface area (Å²) in [4.78, 5) is 13.1. The highest BCUT2D eigenvalue weighted by Gasteiger charge is 2.44. The van der Waals surface area contributed by atoms with Crippen LogP contribution in [0, 0.1) is 12.8 Å². The molecule has 0 amide bonds. The third-order valence-corrected chi connectivity index (χ3v) is 4.78. The molecule has 7 heteroatoms. The molecule has 4 rings (SSSR count). The van der Waals surface area contributed by atoms with Crippen LogP contribution >= 0.6 is 0 Å². The molecule has 0 aliphatic heterocycles. The number of pyridine rings is 2. The van der Waals surface area contributed by atoms with Crippen LogP contribution in [0.15, 0.2) is 42.7 Å². The number of hydrogen-bond donors (Lipinski definition) is 0. The molecule has 5 nitrogen and oxygen atoms in total. The highest BCUT2D eigenvalue weighted by Crippen LogP contribution is 2.41. The van der Waals surface area contributed by atoms with Crippen LogP contribution in [0.4, 0.5) is 8.78 Å². The maximum absolute atomic E-state index is 14.1. The summed E-state index contributed by atoms with van der Waals surface area (Å²) in [5, 5.41) is 4.52. The largest absolute Gasteiger partial charge is 0.265 e. The maximum Gasteiger partial charge on any atom is 0.252 e. The SMILES string of the molecule is Cc1cccc(-c2nc(-c3ccncc3)nn2CC2CCCC2(F)F)n1. The van der Waals surface area contributed by atoms with Crippen LogP contribution in [-0.2, 0) is 6.54 Å². The van der Waals surface area contributed by atoms with Crippen LogP contribution in [0.1, 0.15) is 25.0 Å². The molecule has 0 radical (unpaired) electrons. The first-order valence-electron chi connectivity index (χ1n) is 8.70. The van der Waals surface area contributed by atoms with E-state index in [2.05, 4.69) is 20.1 Å². The summed E-state index contributed by atoms with van der Waals surface area (Å²) in [5.74, 6) is -2.37. The quantitative estimate of drug-likeness (QED) is 0.706. The molecule has 1 saturated carbocycles. The monoisotopic (exact) mass is 355 g/mol. The van der Waals surface area contributed by atoms with E-state index in [0.717, 1.165) is 11.3 Å².